The van der Waals surface area contributed by atoms with E-state index in [1.807, 2.05) is 0 Å². The first-order valence-corrected chi connectivity index (χ1v) is 4.63. The van der Waals surface area contributed by atoms with E-state index in [4.69, 9.17) is 0 Å². The summed E-state index contributed by atoms with van der Waals surface area (Å²) in [7, 11) is 0. The molecule has 0 heterocycles. The molecule has 0 N–H and O–H groups in total. The zero-order valence-electron chi connectivity index (χ0n) is 7.72. The van der Waals surface area contributed by atoms with Crippen molar-refractivity contribution in [3.8, 4) is 0 Å². The molecular formula is C10H20. The monoisotopic (exact) mass is 140 g/mol. The molecular weight excluding hydrogens is 120 g/mol. The Hall–Kier alpha value is 0. The van der Waals surface area contributed by atoms with Crippen molar-refractivity contribution in [3.05, 3.63) is 0 Å². The molecule has 0 aliphatic heterocycles. The van der Waals surface area contributed by atoms with E-state index in [0.29, 0.717) is 0 Å². The Morgan fingerprint density at radius 3 is 1.90 bits per heavy atom. The van der Waals surface area contributed by atoms with Gasteiger partial charge in [0.05, 0.1) is 0 Å². The van der Waals surface area contributed by atoms with Crippen LogP contribution in [0.25, 0.3) is 0 Å². The van der Waals surface area contributed by atoms with Crippen LogP contribution in [0.3, 0.4) is 0 Å². The molecule has 0 aromatic rings. The third-order valence-corrected chi connectivity index (χ3v) is 3.38. The van der Waals surface area contributed by atoms with E-state index < -0.39 is 0 Å². The van der Waals surface area contributed by atoms with Crippen molar-refractivity contribution in [2.24, 2.45) is 23.7 Å². The van der Waals surface area contributed by atoms with E-state index in [1.54, 1.807) is 0 Å². The van der Waals surface area contributed by atoms with Gasteiger partial charge in [0.1, 0.15) is 0 Å². The van der Waals surface area contributed by atoms with Crippen molar-refractivity contribution >= 4 is 0 Å². The van der Waals surface area contributed by atoms with Crippen LogP contribution in [0.1, 0.15) is 40.5 Å². The van der Waals surface area contributed by atoms with Crippen molar-refractivity contribution in [2.75, 3.05) is 0 Å². The highest BCUT2D eigenvalue weighted by Gasteiger charge is 2.31. The molecule has 1 fully saturated rings. The van der Waals surface area contributed by atoms with Gasteiger partial charge in [-0.05, 0) is 30.1 Å². The molecule has 0 bridgehead atoms. The highest BCUT2D eigenvalue weighted by molar-refractivity contribution is 4.81. The van der Waals surface area contributed by atoms with Crippen LogP contribution in [-0.4, -0.2) is 0 Å². The van der Waals surface area contributed by atoms with Gasteiger partial charge in [-0.25, -0.2) is 0 Å². The molecule has 0 aromatic carbocycles. The zero-order chi connectivity index (χ0) is 7.72. The summed E-state index contributed by atoms with van der Waals surface area (Å²) in [6.45, 7) is 9.54. The molecule has 0 radical (unpaired) electrons. The molecule has 1 saturated carbocycles. The summed E-state index contributed by atoms with van der Waals surface area (Å²) in [5.41, 5.74) is 0. The fourth-order valence-electron chi connectivity index (χ4n) is 2.34. The molecule has 10 heavy (non-hydrogen) atoms. The number of rotatable bonds is 1. The van der Waals surface area contributed by atoms with Gasteiger partial charge in [0.15, 0.2) is 0 Å². The van der Waals surface area contributed by atoms with Gasteiger partial charge in [-0.1, -0.05) is 34.1 Å². The largest absolute Gasteiger partial charge is 0.0625 e. The lowest BCUT2D eigenvalue weighted by Crippen LogP contribution is -2.14. The molecule has 0 amide bonds. The van der Waals surface area contributed by atoms with E-state index in [-0.39, 0.29) is 0 Å². The van der Waals surface area contributed by atoms with Gasteiger partial charge < -0.3 is 0 Å². The van der Waals surface area contributed by atoms with Crippen LogP contribution in [-0.2, 0) is 0 Å². The topological polar surface area (TPSA) is 0 Å². The summed E-state index contributed by atoms with van der Waals surface area (Å²) in [5, 5.41) is 0. The van der Waals surface area contributed by atoms with Gasteiger partial charge >= 0.3 is 0 Å². The first kappa shape index (κ1) is 8.10. The molecule has 0 nitrogen and oxygen atoms in total. The molecule has 0 heteroatoms. The summed E-state index contributed by atoms with van der Waals surface area (Å²) in [6, 6.07) is 0. The Balaban J connectivity index is 2.49. The lowest BCUT2D eigenvalue weighted by atomic mass is 9.85. The van der Waals surface area contributed by atoms with Gasteiger partial charge in [0.25, 0.3) is 0 Å². The second kappa shape index (κ2) is 2.94. The van der Waals surface area contributed by atoms with Gasteiger partial charge in [-0.3, -0.25) is 0 Å². The highest BCUT2D eigenvalue weighted by atomic mass is 14.4. The van der Waals surface area contributed by atoms with Crippen molar-refractivity contribution in [3.63, 3.8) is 0 Å². The molecule has 0 unspecified atom stereocenters. The first-order chi connectivity index (χ1) is 4.63. The Labute approximate surface area is 65.0 Å². The minimum atomic E-state index is 0.903. The van der Waals surface area contributed by atoms with E-state index in [2.05, 4.69) is 27.7 Å². The van der Waals surface area contributed by atoms with Gasteiger partial charge in [-0.2, -0.15) is 0 Å². The number of hydrogen-bond acceptors (Lipinski definition) is 0. The second-order valence-corrected chi connectivity index (χ2v) is 4.32. The van der Waals surface area contributed by atoms with Crippen molar-refractivity contribution in [1.29, 1.82) is 0 Å². The van der Waals surface area contributed by atoms with Crippen molar-refractivity contribution in [2.45, 2.75) is 40.5 Å². The molecule has 1 aliphatic rings. The molecule has 60 valence electrons. The van der Waals surface area contributed by atoms with Crippen LogP contribution in [0.2, 0.25) is 0 Å². The molecule has 1 aliphatic carbocycles. The smallest absolute Gasteiger partial charge is 0.0363 e. The lowest BCUT2D eigenvalue weighted by Gasteiger charge is -2.21. The molecule has 1 rings (SSSR count). The number of hydrogen-bond donors (Lipinski definition) is 0. The summed E-state index contributed by atoms with van der Waals surface area (Å²) in [5.74, 6) is 3.86. The summed E-state index contributed by atoms with van der Waals surface area (Å²) in [6.07, 6.45) is 2.93. The maximum absolute atomic E-state index is 2.42. The highest BCUT2D eigenvalue weighted by Crippen LogP contribution is 2.40. The van der Waals surface area contributed by atoms with Crippen LogP contribution in [0.5, 0.6) is 0 Å². The minimum absolute atomic E-state index is 0.903. The predicted octanol–water partition coefficient (Wildman–Crippen LogP) is 3.32. The quantitative estimate of drug-likeness (QED) is 0.524. The average molecular weight is 140 g/mol. The van der Waals surface area contributed by atoms with Crippen LogP contribution in [0.4, 0.5) is 0 Å². The summed E-state index contributed by atoms with van der Waals surface area (Å²) >= 11 is 0. The normalized spacial score (nSPS) is 41.1. The first-order valence-electron chi connectivity index (χ1n) is 4.63. The Morgan fingerprint density at radius 2 is 1.70 bits per heavy atom. The zero-order valence-corrected chi connectivity index (χ0v) is 7.72. The fraction of sp³-hybridized carbons (Fsp3) is 1.00. The molecule has 0 saturated heterocycles. The SMILES string of the molecule is CC(C)[C@@H]1CC[C@@H](C)[C@H]1C. The van der Waals surface area contributed by atoms with Crippen molar-refractivity contribution in [1.82, 2.24) is 0 Å². The van der Waals surface area contributed by atoms with Gasteiger partial charge in [0, 0.05) is 0 Å². The maximum Gasteiger partial charge on any atom is -0.0363 e. The van der Waals surface area contributed by atoms with Crippen molar-refractivity contribution < 1.29 is 0 Å². The summed E-state index contributed by atoms with van der Waals surface area (Å²) in [4.78, 5) is 0. The van der Waals surface area contributed by atoms with E-state index in [1.165, 1.54) is 12.8 Å². The van der Waals surface area contributed by atoms with Gasteiger partial charge in [0.2, 0.25) is 0 Å². The average Bonchev–Trinajstić information content (AvgIpc) is 2.14. The fourth-order valence-corrected chi connectivity index (χ4v) is 2.34. The van der Waals surface area contributed by atoms with Crippen LogP contribution in [0.15, 0.2) is 0 Å². The third-order valence-electron chi connectivity index (χ3n) is 3.38. The minimum Gasteiger partial charge on any atom is -0.0625 e. The second-order valence-electron chi connectivity index (χ2n) is 4.32. The van der Waals surface area contributed by atoms with Crippen LogP contribution in [0, 0.1) is 23.7 Å². The van der Waals surface area contributed by atoms with E-state index in [9.17, 15) is 0 Å². The lowest BCUT2D eigenvalue weighted by molar-refractivity contribution is 0.282. The van der Waals surface area contributed by atoms with Gasteiger partial charge in [-0.15, -0.1) is 0 Å². The molecule has 0 spiro atoms. The standard InChI is InChI=1S/C10H20/c1-7(2)10-6-5-8(3)9(10)4/h7-10H,5-6H2,1-4H3/t8-,9-,10+/m1/s1. The Bertz CT molecular complexity index is 105. The predicted molar refractivity (Wildman–Crippen MR) is 45.9 cm³/mol. The van der Waals surface area contributed by atoms with E-state index in [0.717, 1.165) is 23.7 Å². The molecule has 3 atom stereocenters. The Morgan fingerprint density at radius 1 is 1.10 bits per heavy atom. The maximum atomic E-state index is 2.42. The molecule has 0 aromatic heterocycles. The summed E-state index contributed by atoms with van der Waals surface area (Å²) < 4.78 is 0. The van der Waals surface area contributed by atoms with Crippen LogP contribution < -0.4 is 0 Å². The van der Waals surface area contributed by atoms with E-state index >= 15 is 0 Å². The van der Waals surface area contributed by atoms with Crippen LogP contribution >= 0.6 is 0 Å². The Kier molecular flexibility index (Phi) is 2.38. The third kappa shape index (κ3) is 1.36.